The van der Waals surface area contributed by atoms with Crippen LogP contribution in [0.5, 0.6) is 0 Å². The molecule has 0 bridgehead atoms. The van der Waals surface area contributed by atoms with Crippen LogP contribution in [-0.2, 0) is 28.6 Å². The molecule has 0 heterocycles. The summed E-state index contributed by atoms with van der Waals surface area (Å²) in [6.45, 7) is 13.8. The summed E-state index contributed by atoms with van der Waals surface area (Å²) in [7, 11) is 0. The molecular weight excluding hydrogens is 769 g/mol. The minimum atomic E-state index is -0.763. The zero-order chi connectivity index (χ0) is 45.6. The lowest BCUT2D eigenvalue weighted by molar-refractivity contribution is -0.167. The van der Waals surface area contributed by atoms with E-state index in [9.17, 15) is 14.4 Å². The lowest BCUT2D eigenvalue weighted by Crippen LogP contribution is -2.30. The van der Waals surface area contributed by atoms with E-state index in [0.29, 0.717) is 19.3 Å². The average molecular weight is 877 g/mol. The van der Waals surface area contributed by atoms with Crippen LogP contribution in [0.2, 0.25) is 0 Å². The number of ether oxygens (including phenoxy) is 3. The van der Waals surface area contributed by atoms with Gasteiger partial charge in [0.1, 0.15) is 13.2 Å². The van der Waals surface area contributed by atoms with Gasteiger partial charge < -0.3 is 14.2 Å². The first kappa shape index (κ1) is 60.4. The lowest BCUT2D eigenvalue weighted by atomic mass is 9.99. The number of esters is 3. The second kappa shape index (κ2) is 47.4. The molecule has 0 rings (SSSR count). The molecule has 0 saturated carbocycles. The summed E-state index contributed by atoms with van der Waals surface area (Å²) >= 11 is 0. The molecule has 0 amide bonds. The number of carbonyl (C=O) groups excluding carboxylic acids is 3. The van der Waals surface area contributed by atoms with Gasteiger partial charge in [-0.1, -0.05) is 266 Å². The molecule has 368 valence electrons. The number of hydrogen-bond acceptors (Lipinski definition) is 6. The Morgan fingerprint density at radius 1 is 0.323 bits per heavy atom. The highest BCUT2D eigenvalue weighted by molar-refractivity contribution is 5.71. The first-order valence-electron chi connectivity index (χ1n) is 27.6. The monoisotopic (exact) mass is 877 g/mol. The molecule has 0 aromatic carbocycles. The fourth-order valence-electron chi connectivity index (χ4n) is 8.44. The van der Waals surface area contributed by atoms with Gasteiger partial charge in [-0.15, -0.1) is 0 Å². The van der Waals surface area contributed by atoms with Crippen molar-refractivity contribution in [1.29, 1.82) is 0 Å². The fourth-order valence-corrected chi connectivity index (χ4v) is 8.44. The van der Waals surface area contributed by atoms with E-state index in [2.05, 4.69) is 41.5 Å². The number of unbranched alkanes of at least 4 members (excludes halogenated alkanes) is 31. The van der Waals surface area contributed by atoms with Gasteiger partial charge in [0.15, 0.2) is 6.10 Å². The van der Waals surface area contributed by atoms with E-state index in [4.69, 9.17) is 14.2 Å². The second-order valence-corrected chi connectivity index (χ2v) is 20.4. The Bertz CT molecular complexity index is 962. The van der Waals surface area contributed by atoms with E-state index in [1.165, 1.54) is 186 Å². The summed E-state index contributed by atoms with van der Waals surface area (Å²) in [5.74, 6) is 1.69. The minimum Gasteiger partial charge on any atom is -0.462 e. The topological polar surface area (TPSA) is 78.9 Å². The van der Waals surface area contributed by atoms with E-state index in [-0.39, 0.29) is 31.1 Å². The van der Waals surface area contributed by atoms with E-state index in [1.807, 2.05) is 0 Å². The number of carbonyl (C=O) groups is 3. The van der Waals surface area contributed by atoms with Crippen molar-refractivity contribution >= 4 is 17.9 Å². The van der Waals surface area contributed by atoms with Crippen LogP contribution in [0.15, 0.2) is 0 Å². The molecule has 0 radical (unpaired) electrons. The Kier molecular flexibility index (Phi) is 46.2. The van der Waals surface area contributed by atoms with Crippen LogP contribution in [0.4, 0.5) is 0 Å². The molecule has 2 atom stereocenters. The van der Waals surface area contributed by atoms with Crippen LogP contribution in [0.1, 0.15) is 305 Å². The average Bonchev–Trinajstić information content (AvgIpc) is 3.24. The molecule has 62 heavy (non-hydrogen) atoms. The molecular formula is C56H108O6. The van der Waals surface area contributed by atoms with Crippen LogP contribution in [0, 0.1) is 17.8 Å². The maximum atomic E-state index is 12.8. The highest BCUT2D eigenvalue weighted by atomic mass is 16.6. The standard InChI is InChI=1S/C56H108O6/c1-7-52(6)44-38-32-26-20-16-17-22-28-34-40-46-55(58)61-49-53(62-56(59)47-41-35-29-23-15-11-13-19-25-31-37-43-51(4)5)48-60-54(57)45-39-33-27-21-14-10-8-9-12-18-24-30-36-42-50(2)3/h50-53H,7-49H2,1-6H3/t52?,53-/m0/s1. The minimum absolute atomic E-state index is 0.0641. The fraction of sp³-hybridized carbons (Fsp3) is 0.946. The molecule has 0 aromatic heterocycles. The molecule has 0 saturated heterocycles. The van der Waals surface area contributed by atoms with E-state index >= 15 is 0 Å². The predicted molar refractivity (Wildman–Crippen MR) is 266 cm³/mol. The van der Waals surface area contributed by atoms with Gasteiger partial charge in [0, 0.05) is 19.3 Å². The van der Waals surface area contributed by atoms with Crippen LogP contribution in [0.25, 0.3) is 0 Å². The summed E-state index contributed by atoms with van der Waals surface area (Å²) in [5.41, 5.74) is 0. The van der Waals surface area contributed by atoms with Gasteiger partial charge in [-0.05, 0) is 37.0 Å². The van der Waals surface area contributed by atoms with E-state index in [0.717, 1.165) is 75.5 Å². The number of hydrogen-bond donors (Lipinski definition) is 0. The molecule has 0 aliphatic carbocycles. The van der Waals surface area contributed by atoms with Crippen molar-refractivity contribution in [2.24, 2.45) is 17.8 Å². The van der Waals surface area contributed by atoms with Crippen LogP contribution >= 0.6 is 0 Å². The van der Waals surface area contributed by atoms with Crippen LogP contribution < -0.4 is 0 Å². The van der Waals surface area contributed by atoms with Gasteiger partial charge in [-0.2, -0.15) is 0 Å². The Morgan fingerprint density at radius 3 is 0.839 bits per heavy atom. The summed E-state index contributed by atoms with van der Waals surface area (Å²) in [4.78, 5) is 38.1. The van der Waals surface area contributed by atoms with Crippen molar-refractivity contribution in [3.05, 3.63) is 0 Å². The molecule has 0 aliphatic rings. The Balaban J connectivity index is 4.32. The van der Waals surface area contributed by atoms with Crippen molar-refractivity contribution < 1.29 is 28.6 Å². The molecule has 1 unspecified atom stereocenters. The smallest absolute Gasteiger partial charge is 0.306 e. The predicted octanol–water partition coefficient (Wildman–Crippen LogP) is 17.9. The van der Waals surface area contributed by atoms with Gasteiger partial charge in [-0.25, -0.2) is 0 Å². The van der Waals surface area contributed by atoms with Crippen molar-refractivity contribution in [2.75, 3.05) is 13.2 Å². The molecule has 6 nitrogen and oxygen atoms in total. The molecule has 0 fully saturated rings. The highest BCUT2D eigenvalue weighted by Crippen LogP contribution is 2.18. The molecule has 0 N–H and O–H groups in total. The van der Waals surface area contributed by atoms with E-state index in [1.54, 1.807) is 0 Å². The van der Waals surface area contributed by atoms with E-state index < -0.39 is 6.10 Å². The molecule has 0 aromatic rings. The highest BCUT2D eigenvalue weighted by Gasteiger charge is 2.19. The van der Waals surface area contributed by atoms with Gasteiger partial charge >= 0.3 is 17.9 Å². The first-order valence-corrected chi connectivity index (χ1v) is 27.6. The van der Waals surface area contributed by atoms with Crippen molar-refractivity contribution in [3.63, 3.8) is 0 Å². The van der Waals surface area contributed by atoms with Crippen LogP contribution in [-0.4, -0.2) is 37.2 Å². The van der Waals surface area contributed by atoms with Crippen molar-refractivity contribution in [1.82, 2.24) is 0 Å². The van der Waals surface area contributed by atoms with Crippen molar-refractivity contribution in [2.45, 2.75) is 311 Å². The third-order valence-electron chi connectivity index (χ3n) is 13.0. The quantitative estimate of drug-likeness (QED) is 0.0344. The summed E-state index contributed by atoms with van der Waals surface area (Å²) < 4.78 is 16.9. The summed E-state index contributed by atoms with van der Waals surface area (Å²) in [6, 6.07) is 0. The van der Waals surface area contributed by atoms with Gasteiger partial charge in [0.2, 0.25) is 0 Å². The van der Waals surface area contributed by atoms with Gasteiger partial charge in [0.25, 0.3) is 0 Å². The first-order chi connectivity index (χ1) is 30.1. The summed E-state index contributed by atoms with van der Waals surface area (Å²) in [6.07, 6.45) is 48.0. The Morgan fingerprint density at radius 2 is 0.565 bits per heavy atom. The maximum Gasteiger partial charge on any atom is 0.306 e. The zero-order valence-corrected chi connectivity index (χ0v) is 42.7. The third-order valence-corrected chi connectivity index (χ3v) is 13.0. The molecule has 6 heteroatoms. The van der Waals surface area contributed by atoms with Crippen LogP contribution in [0.3, 0.4) is 0 Å². The number of rotatable bonds is 49. The van der Waals surface area contributed by atoms with Gasteiger partial charge in [-0.3, -0.25) is 14.4 Å². The molecule has 0 spiro atoms. The maximum absolute atomic E-state index is 12.8. The largest absolute Gasteiger partial charge is 0.462 e. The Hall–Kier alpha value is -1.59. The van der Waals surface area contributed by atoms with Gasteiger partial charge in [0.05, 0.1) is 0 Å². The van der Waals surface area contributed by atoms with Crippen molar-refractivity contribution in [3.8, 4) is 0 Å². The normalized spacial score (nSPS) is 12.6. The molecule has 0 aliphatic heterocycles. The Labute approximate surface area is 387 Å². The lowest BCUT2D eigenvalue weighted by Gasteiger charge is -2.18. The third kappa shape index (κ3) is 47.9. The SMILES string of the molecule is CCC(C)CCCCCCCCCCCCC(=O)OC[C@H](COC(=O)CCCCCCCCCCCCCCCC(C)C)OC(=O)CCCCCCCCCCCCCC(C)C. The zero-order valence-electron chi connectivity index (χ0n) is 42.7. The second-order valence-electron chi connectivity index (χ2n) is 20.4. The summed E-state index contributed by atoms with van der Waals surface area (Å²) in [5, 5.41) is 0.